The van der Waals surface area contributed by atoms with Gasteiger partial charge in [-0.25, -0.2) is 0 Å². The summed E-state index contributed by atoms with van der Waals surface area (Å²) < 4.78 is 0. The Kier molecular flexibility index (Phi) is 6.78. The van der Waals surface area contributed by atoms with Gasteiger partial charge in [0.2, 0.25) is 0 Å². The van der Waals surface area contributed by atoms with E-state index in [-0.39, 0.29) is 0 Å². The molecular formula is C14H26N2S. The highest BCUT2D eigenvalue weighted by Crippen LogP contribution is 2.13. The van der Waals surface area contributed by atoms with E-state index in [0.717, 1.165) is 25.4 Å². The van der Waals surface area contributed by atoms with Gasteiger partial charge in [0.05, 0.1) is 0 Å². The van der Waals surface area contributed by atoms with Gasteiger partial charge < -0.3 is 11.1 Å². The lowest BCUT2D eigenvalue weighted by atomic mass is 10.0. The fourth-order valence-electron chi connectivity index (χ4n) is 1.91. The van der Waals surface area contributed by atoms with E-state index in [1.54, 1.807) is 11.3 Å². The summed E-state index contributed by atoms with van der Waals surface area (Å²) in [7, 11) is 0. The molecule has 3 heteroatoms. The standard InChI is InChI=1S/C14H26N2S/c1-11(5-4-6-13(3)15)7-16-8-14-10-17-9-12(14)2/h9-11,13,16H,4-8,15H2,1-3H3. The van der Waals surface area contributed by atoms with E-state index in [1.807, 2.05) is 0 Å². The van der Waals surface area contributed by atoms with E-state index in [2.05, 4.69) is 36.8 Å². The minimum atomic E-state index is 0.351. The molecule has 2 nitrogen and oxygen atoms in total. The number of nitrogens with one attached hydrogen (secondary N) is 1. The largest absolute Gasteiger partial charge is 0.328 e. The molecule has 2 atom stereocenters. The topological polar surface area (TPSA) is 38.0 Å². The van der Waals surface area contributed by atoms with Gasteiger partial charge in [0.15, 0.2) is 0 Å². The molecule has 0 amide bonds. The van der Waals surface area contributed by atoms with Crippen molar-refractivity contribution in [1.82, 2.24) is 5.32 Å². The summed E-state index contributed by atoms with van der Waals surface area (Å²) in [5.74, 6) is 0.743. The SMILES string of the molecule is Cc1cscc1CNCC(C)CCCC(C)N. The van der Waals surface area contributed by atoms with Crippen LogP contribution in [0.25, 0.3) is 0 Å². The van der Waals surface area contributed by atoms with E-state index >= 15 is 0 Å². The number of rotatable bonds is 8. The Bertz CT molecular complexity index is 307. The first kappa shape index (κ1) is 14.7. The van der Waals surface area contributed by atoms with Crippen LogP contribution in [0.2, 0.25) is 0 Å². The Morgan fingerprint density at radius 1 is 1.29 bits per heavy atom. The molecule has 1 rings (SSSR count). The lowest BCUT2D eigenvalue weighted by Gasteiger charge is -2.13. The Morgan fingerprint density at radius 2 is 2.06 bits per heavy atom. The first-order valence-electron chi connectivity index (χ1n) is 6.57. The second-order valence-electron chi connectivity index (χ2n) is 5.22. The zero-order chi connectivity index (χ0) is 12.7. The van der Waals surface area contributed by atoms with Crippen LogP contribution in [0.5, 0.6) is 0 Å². The van der Waals surface area contributed by atoms with Gasteiger partial charge in [-0.2, -0.15) is 11.3 Å². The van der Waals surface area contributed by atoms with E-state index < -0.39 is 0 Å². The summed E-state index contributed by atoms with van der Waals surface area (Å²) in [5.41, 5.74) is 8.60. The van der Waals surface area contributed by atoms with E-state index in [0.29, 0.717) is 6.04 Å². The van der Waals surface area contributed by atoms with Gasteiger partial charge in [0.1, 0.15) is 0 Å². The maximum absolute atomic E-state index is 5.75. The quantitative estimate of drug-likeness (QED) is 0.747. The maximum atomic E-state index is 5.75. The van der Waals surface area contributed by atoms with E-state index in [4.69, 9.17) is 5.73 Å². The molecule has 3 N–H and O–H groups in total. The molecule has 0 aromatic carbocycles. The molecule has 0 spiro atoms. The van der Waals surface area contributed by atoms with Crippen LogP contribution in [0.3, 0.4) is 0 Å². The zero-order valence-corrected chi connectivity index (χ0v) is 12.1. The summed E-state index contributed by atoms with van der Waals surface area (Å²) in [4.78, 5) is 0. The molecule has 2 unspecified atom stereocenters. The van der Waals surface area contributed by atoms with Crippen LogP contribution in [0.4, 0.5) is 0 Å². The number of hydrogen-bond acceptors (Lipinski definition) is 3. The fraction of sp³-hybridized carbons (Fsp3) is 0.714. The third-order valence-electron chi connectivity index (χ3n) is 3.13. The third kappa shape index (κ3) is 6.20. The van der Waals surface area contributed by atoms with Crippen LogP contribution < -0.4 is 11.1 Å². The van der Waals surface area contributed by atoms with Gasteiger partial charge in [-0.05, 0) is 61.0 Å². The Labute approximate surface area is 110 Å². The smallest absolute Gasteiger partial charge is 0.0216 e. The number of aryl methyl sites for hydroxylation is 1. The van der Waals surface area contributed by atoms with Crippen LogP contribution in [0.15, 0.2) is 10.8 Å². The van der Waals surface area contributed by atoms with Gasteiger partial charge in [-0.1, -0.05) is 13.3 Å². The first-order chi connectivity index (χ1) is 8.09. The van der Waals surface area contributed by atoms with Crippen molar-refractivity contribution in [1.29, 1.82) is 0 Å². The number of hydrogen-bond donors (Lipinski definition) is 2. The lowest BCUT2D eigenvalue weighted by molar-refractivity contribution is 0.448. The van der Waals surface area contributed by atoms with E-state index in [1.165, 1.54) is 24.0 Å². The summed E-state index contributed by atoms with van der Waals surface area (Å²) in [6.45, 7) is 8.69. The monoisotopic (exact) mass is 254 g/mol. The molecule has 0 aliphatic carbocycles. The Hall–Kier alpha value is -0.380. The predicted octanol–water partition coefficient (Wildman–Crippen LogP) is 3.30. The number of nitrogens with two attached hydrogens (primary N) is 1. The normalized spacial score (nSPS) is 14.8. The fourth-order valence-corrected chi connectivity index (χ4v) is 2.77. The van der Waals surface area contributed by atoms with Crippen LogP contribution >= 0.6 is 11.3 Å². The molecule has 0 saturated heterocycles. The van der Waals surface area contributed by atoms with Crippen LogP contribution in [0.1, 0.15) is 44.2 Å². The highest BCUT2D eigenvalue weighted by atomic mass is 32.1. The molecule has 0 saturated carbocycles. The molecule has 1 aromatic rings. The van der Waals surface area contributed by atoms with Crippen LogP contribution in [0, 0.1) is 12.8 Å². The highest BCUT2D eigenvalue weighted by Gasteiger charge is 2.04. The molecule has 0 aliphatic rings. The van der Waals surface area contributed by atoms with Gasteiger partial charge in [0, 0.05) is 12.6 Å². The molecule has 0 bridgehead atoms. The van der Waals surface area contributed by atoms with Crippen molar-refractivity contribution in [2.24, 2.45) is 11.7 Å². The molecular weight excluding hydrogens is 228 g/mol. The van der Waals surface area contributed by atoms with Crippen molar-refractivity contribution >= 4 is 11.3 Å². The van der Waals surface area contributed by atoms with Crippen molar-refractivity contribution in [3.8, 4) is 0 Å². The summed E-state index contributed by atoms with van der Waals surface area (Å²) >= 11 is 1.79. The second kappa shape index (κ2) is 7.85. The summed E-state index contributed by atoms with van der Waals surface area (Å²) in [6.07, 6.45) is 3.67. The average molecular weight is 254 g/mol. The zero-order valence-electron chi connectivity index (χ0n) is 11.3. The van der Waals surface area contributed by atoms with Crippen LogP contribution in [-0.2, 0) is 6.54 Å². The van der Waals surface area contributed by atoms with Crippen molar-refractivity contribution in [2.75, 3.05) is 6.54 Å². The summed E-state index contributed by atoms with van der Waals surface area (Å²) in [5, 5.41) is 7.99. The average Bonchev–Trinajstić information content (AvgIpc) is 2.64. The molecule has 0 radical (unpaired) electrons. The van der Waals surface area contributed by atoms with Gasteiger partial charge in [0.25, 0.3) is 0 Å². The van der Waals surface area contributed by atoms with Crippen LogP contribution in [-0.4, -0.2) is 12.6 Å². The van der Waals surface area contributed by atoms with Gasteiger partial charge in [-0.15, -0.1) is 0 Å². The second-order valence-corrected chi connectivity index (χ2v) is 5.97. The number of thiophene rings is 1. The third-order valence-corrected chi connectivity index (χ3v) is 4.04. The molecule has 98 valence electrons. The highest BCUT2D eigenvalue weighted by molar-refractivity contribution is 7.08. The molecule has 1 heterocycles. The first-order valence-corrected chi connectivity index (χ1v) is 7.52. The van der Waals surface area contributed by atoms with Crippen molar-refractivity contribution < 1.29 is 0 Å². The van der Waals surface area contributed by atoms with Gasteiger partial charge in [-0.3, -0.25) is 0 Å². The minimum absolute atomic E-state index is 0.351. The molecule has 0 aliphatic heterocycles. The molecule has 0 fully saturated rings. The predicted molar refractivity (Wildman–Crippen MR) is 77.4 cm³/mol. The Balaban J connectivity index is 2.08. The van der Waals surface area contributed by atoms with E-state index in [9.17, 15) is 0 Å². The van der Waals surface area contributed by atoms with Gasteiger partial charge >= 0.3 is 0 Å². The lowest BCUT2D eigenvalue weighted by Crippen LogP contribution is -2.21. The van der Waals surface area contributed by atoms with Crippen molar-refractivity contribution in [2.45, 2.75) is 52.6 Å². The molecule has 17 heavy (non-hydrogen) atoms. The Morgan fingerprint density at radius 3 is 2.65 bits per heavy atom. The summed E-state index contributed by atoms with van der Waals surface area (Å²) in [6, 6.07) is 0.351. The van der Waals surface area contributed by atoms with Crippen molar-refractivity contribution in [3.63, 3.8) is 0 Å². The molecule has 1 aromatic heterocycles. The minimum Gasteiger partial charge on any atom is -0.328 e. The maximum Gasteiger partial charge on any atom is 0.0216 e. The van der Waals surface area contributed by atoms with Crippen molar-refractivity contribution in [3.05, 3.63) is 21.9 Å².